The first kappa shape index (κ1) is 15.4. The third-order valence-electron chi connectivity index (χ3n) is 4.89. The highest BCUT2D eigenvalue weighted by molar-refractivity contribution is 5.99. The van der Waals surface area contributed by atoms with Crippen molar-refractivity contribution in [2.24, 2.45) is 5.92 Å². The number of anilines is 1. The molecule has 3 aliphatic rings. The lowest BCUT2D eigenvalue weighted by Crippen LogP contribution is -2.44. The van der Waals surface area contributed by atoms with Crippen LogP contribution in [0.15, 0.2) is 18.2 Å². The molecule has 1 aromatic carbocycles. The first-order chi connectivity index (χ1) is 11.6. The molecule has 0 aliphatic carbocycles. The summed E-state index contributed by atoms with van der Waals surface area (Å²) in [5, 5.41) is 2.74. The topological polar surface area (TPSA) is 71.1 Å². The Kier molecular flexibility index (Phi) is 3.90. The van der Waals surface area contributed by atoms with Crippen molar-refractivity contribution in [1.82, 2.24) is 9.80 Å². The van der Waals surface area contributed by atoms with Gasteiger partial charge >= 0.3 is 0 Å². The number of ether oxygens (including phenoxy) is 2. The van der Waals surface area contributed by atoms with Crippen LogP contribution in [0.3, 0.4) is 0 Å². The Morgan fingerprint density at radius 1 is 1.25 bits per heavy atom. The second kappa shape index (κ2) is 6.07. The van der Waals surface area contributed by atoms with Gasteiger partial charge < -0.3 is 19.7 Å². The molecular formula is C17H21N3O4. The number of carbonyl (C=O) groups is 2. The number of amides is 2. The summed E-state index contributed by atoms with van der Waals surface area (Å²) in [5.41, 5.74) is 1.21. The van der Waals surface area contributed by atoms with Gasteiger partial charge in [0.05, 0.1) is 24.9 Å². The molecule has 0 aromatic heterocycles. The highest BCUT2D eigenvalue weighted by atomic mass is 16.5. The average molecular weight is 331 g/mol. The minimum atomic E-state index is -0.176. The summed E-state index contributed by atoms with van der Waals surface area (Å²) < 4.78 is 11.1. The van der Waals surface area contributed by atoms with Crippen LogP contribution in [0, 0.1) is 5.92 Å². The number of hydrogen-bond acceptors (Lipinski definition) is 5. The van der Waals surface area contributed by atoms with Crippen LogP contribution in [0.25, 0.3) is 0 Å². The van der Waals surface area contributed by atoms with Gasteiger partial charge in [0.1, 0.15) is 5.75 Å². The summed E-state index contributed by atoms with van der Waals surface area (Å²) in [6, 6.07) is 5.43. The van der Waals surface area contributed by atoms with Crippen LogP contribution in [0.4, 0.5) is 5.69 Å². The van der Waals surface area contributed by atoms with E-state index in [1.165, 1.54) is 0 Å². The van der Waals surface area contributed by atoms with Crippen LogP contribution >= 0.6 is 0 Å². The fourth-order valence-corrected chi connectivity index (χ4v) is 3.61. The number of hydrogen-bond donors (Lipinski definition) is 1. The van der Waals surface area contributed by atoms with E-state index in [4.69, 9.17) is 9.47 Å². The monoisotopic (exact) mass is 331 g/mol. The van der Waals surface area contributed by atoms with E-state index < -0.39 is 0 Å². The summed E-state index contributed by atoms with van der Waals surface area (Å²) in [6.45, 7) is 3.67. The largest absolute Gasteiger partial charge is 0.482 e. The summed E-state index contributed by atoms with van der Waals surface area (Å²) in [6.07, 6.45) is 0. The molecule has 4 rings (SSSR count). The molecule has 0 unspecified atom stereocenters. The minimum Gasteiger partial charge on any atom is -0.482 e. The Balaban J connectivity index is 1.56. The van der Waals surface area contributed by atoms with Gasteiger partial charge in [-0.2, -0.15) is 0 Å². The molecule has 2 bridgehead atoms. The number of fused-ring (bicyclic) bond motifs is 4. The van der Waals surface area contributed by atoms with E-state index in [2.05, 4.69) is 17.3 Å². The Morgan fingerprint density at radius 2 is 2.12 bits per heavy atom. The van der Waals surface area contributed by atoms with Crippen molar-refractivity contribution in [1.29, 1.82) is 0 Å². The lowest BCUT2D eigenvalue weighted by Gasteiger charge is -2.30. The summed E-state index contributed by atoms with van der Waals surface area (Å²) in [7, 11) is 2.09. The van der Waals surface area contributed by atoms with Gasteiger partial charge in [-0.05, 0) is 25.2 Å². The Bertz CT molecular complexity index is 678. The molecule has 2 fully saturated rings. The molecule has 0 radical (unpaired) electrons. The second-order valence-electron chi connectivity index (χ2n) is 6.75. The lowest BCUT2D eigenvalue weighted by molar-refractivity contribution is -0.118. The molecule has 3 aliphatic heterocycles. The molecule has 3 heterocycles. The maximum Gasteiger partial charge on any atom is 0.262 e. The van der Waals surface area contributed by atoms with E-state index in [1.807, 2.05) is 4.90 Å². The molecule has 24 heavy (non-hydrogen) atoms. The predicted molar refractivity (Wildman–Crippen MR) is 87.2 cm³/mol. The fraction of sp³-hybridized carbons (Fsp3) is 0.529. The highest BCUT2D eigenvalue weighted by Crippen LogP contribution is 2.29. The zero-order valence-corrected chi connectivity index (χ0v) is 13.7. The van der Waals surface area contributed by atoms with E-state index in [0.29, 0.717) is 49.2 Å². The van der Waals surface area contributed by atoms with Gasteiger partial charge in [0, 0.05) is 31.1 Å². The first-order valence-electron chi connectivity index (χ1n) is 8.24. The van der Waals surface area contributed by atoms with Crippen LogP contribution in [-0.4, -0.2) is 74.2 Å². The standard InChI is InChI=1S/C17H21N3O4/c1-19-5-11-6-20(7-13(19)9-23-8-11)17(22)12-2-3-14-15(4-12)24-10-16(21)18-14/h2-4,11,13H,5-10H2,1H3,(H,18,21)/t11-,13+/m1/s1. The number of likely N-dealkylation sites (N-methyl/N-ethyl adjacent to an activating group) is 1. The predicted octanol–water partition coefficient (Wildman–Crippen LogP) is 0.420. The van der Waals surface area contributed by atoms with E-state index in [9.17, 15) is 9.59 Å². The van der Waals surface area contributed by atoms with Gasteiger partial charge in [0.15, 0.2) is 6.61 Å². The van der Waals surface area contributed by atoms with Gasteiger partial charge in [-0.15, -0.1) is 0 Å². The molecule has 128 valence electrons. The third kappa shape index (κ3) is 2.85. The van der Waals surface area contributed by atoms with Crippen molar-refractivity contribution in [2.75, 3.05) is 51.8 Å². The number of nitrogens with one attached hydrogen (secondary N) is 1. The lowest BCUT2D eigenvalue weighted by atomic mass is 10.1. The van der Waals surface area contributed by atoms with Crippen LogP contribution < -0.4 is 10.1 Å². The zero-order valence-electron chi connectivity index (χ0n) is 13.7. The number of benzene rings is 1. The molecule has 1 N–H and O–H groups in total. The summed E-state index contributed by atoms with van der Waals surface area (Å²) in [4.78, 5) is 28.5. The van der Waals surface area contributed by atoms with Crippen LogP contribution in [0.2, 0.25) is 0 Å². The van der Waals surface area contributed by atoms with Crippen molar-refractivity contribution in [3.05, 3.63) is 23.8 Å². The second-order valence-corrected chi connectivity index (χ2v) is 6.75. The Labute approximate surface area is 140 Å². The smallest absolute Gasteiger partial charge is 0.262 e. The molecule has 2 amide bonds. The van der Waals surface area contributed by atoms with E-state index >= 15 is 0 Å². The average Bonchev–Trinajstić information content (AvgIpc) is 2.82. The van der Waals surface area contributed by atoms with Crippen LogP contribution in [-0.2, 0) is 9.53 Å². The van der Waals surface area contributed by atoms with Crippen molar-refractivity contribution in [3.63, 3.8) is 0 Å². The molecule has 0 spiro atoms. The van der Waals surface area contributed by atoms with Gasteiger partial charge in [-0.1, -0.05) is 0 Å². The fourth-order valence-electron chi connectivity index (χ4n) is 3.61. The SMILES string of the molecule is CN1C[C@H]2COC[C@@H]1CN(C(=O)c1ccc3c(c1)OCC(=O)N3)C2. The van der Waals surface area contributed by atoms with Crippen LogP contribution in [0.5, 0.6) is 5.75 Å². The quantitative estimate of drug-likeness (QED) is 0.808. The van der Waals surface area contributed by atoms with Crippen molar-refractivity contribution < 1.29 is 19.1 Å². The summed E-state index contributed by atoms with van der Waals surface area (Å²) in [5.74, 6) is 0.714. The third-order valence-corrected chi connectivity index (χ3v) is 4.89. The van der Waals surface area contributed by atoms with Gasteiger partial charge in [-0.3, -0.25) is 14.5 Å². The highest BCUT2D eigenvalue weighted by Gasteiger charge is 2.34. The van der Waals surface area contributed by atoms with Crippen LogP contribution in [0.1, 0.15) is 10.4 Å². The molecule has 7 nitrogen and oxygen atoms in total. The molecule has 7 heteroatoms. The maximum atomic E-state index is 13.0. The van der Waals surface area contributed by atoms with Gasteiger partial charge in [-0.25, -0.2) is 0 Å². The Morgan fingerprint density at radius 3 is 3.00 bits per heavy atom. The number of nitrogens with zero attached hydrogens (tertiary/aromatic N) is 2. The minimum absolute atomic E-state index is 0.00509. The molecule has 2 atom stereocenters. The van der Waals surface area contributed by atoms with Crippen molar-refractivity contribution in [3.8, 4) is 5.75 Å². The molecule has 2 saturated heterocycles. The first-order valence-corrected chi connectivity index (χ1v) is 8.24. The van der Waals surface area contributed by atoms with Crippen molar-refractivity contribution in [2.45, 2.75) is 6.04 Å². The Hall–Kier alpha value is -2.12. The van der Waals surface area contributed by atoms with Crippen molar-refractivity contribution >= 4 is 17.5 Å². The number of rotatable bonds is 1. The maximum absolute atomic E-state index is 13.0. The molecular weight excluding hydrogens is 310 g/mol. The summed E-state index contributed by atoms with van der Waals surface area (Å²) >= 11 is 0. The zero-order chi connectivity index (χ0) is 16.7. The van der Waals surface area contributed by atoms with E-state index in [0.717, 1.165) is 6.54 Å². The van der Waals surface area contributed by atoms with Gasteiger partial charge in [0.2, 0.25) is 0 Å². The molecule has 0 saturated carbocycles. The van der Waals surface area contributed by atoms with Gasteiger partial charge in [0.25, 0.3) is 11.8 Å². The molecule has 1 aromatic rings. The number of carbonyl (C=O) groups excluding carboxylic acids is 2. The van der Waals surface area contributed by atoms with E-state index in [-0.39, 0.29) is 24.5 Å². The normalized spacial score (nSPS) is 26.9. The van der Waals surface area contributed by atoms with E-state index in [1.54, 1.807) is 18.2 Å².